The van der Waals surface area contributed by atoms with E-state index in [1.165, 1.54) is 0 Å². The molecule has 1 aromatic rings. The number of nitrogens with one attached hydrogen (secondary N) is 2. The standard InChI is InChI=1S/C13H20N4O5S/c1-23(21,22)14-7-10-3-2-6-16(8-10)13(20)9-17-12(19)5-4-11(18)15-17/h4-5,10,14H,2-3,6-9H2,1H3,(H,15,18). The smallest absolute Gasteiger partial charge is 0.265 e. The topological polar surface area (TPSA) is 121 Å². The predicted octanol–water partition coefficient (Wildman–Crippen LogP) is -1.68. The molecule has 0 saturated carbocycles. The second-order valence-electron chi connectivity index (χ2n) is 5.70. The Balaban J connectivity index is 1.98. The Morgan fingerprint density at radius 1 is 1.39 bits per heavy atom. The Bertz CT molecular complexity index is 782. The number of hydrogen-bond acceptors (Lipinski definition) is 5. The number of aromatic nitrogens is 2. The number of sulfonamides is 1. The van der Waals surface area contributed by atoms with Crippen molar-refractivity contribution in [2.24, 2.45) is 5.92 Å². The van der Waals surface area contributed by atoms with Crippen LogP contribution in [0.5, 0.6) is 0 Å². The summed E-state index contributed by atoms with van der Waals surface area (Å²) in [4.78, 5) is 36.7. The highest BCUT2D eigenvalue weighted by atomic mass is 32.2. The van der Waals surface area contributed by atoms with Crippen LogP contribution >= 0.6 is 0 Å². The van der Waals surface area contributed by atoms with Gasteiger partial charge in [0.1, 0.15) is 6.54 Å². The first-order valence-electron chi connectivity index (χ1n) is 7.27. The van der Waals surface area contributed by atoms with Gasteiger partial charge in [0.05, 0.1) is 6.26 Å². The van der Waals surface area contributed by atoms with Crippen molar-refractivity contribution in [3.05, 3.63) is 32.8 Å². The third kappa shape index (κ3) is 5.32. The van der Waals surface area contributed by atoms with Gasteiger partial charge in [-0.05, 0) is 18.8 Å². The average molecular weight is 344 g/mol. The molecule has 1 amide bonds. The molecule has 10 heteroatoms. The van der Waals surface area contributed by atoms with E-state index < -0.39 is 21.1 Å². The molecule has 1 aliphatic rings. The number of carbonyl (C=O) groups excluding carboxylic acids is 1. The number of aromatic amines is 1. The fourth-order valence-corrected chi connectivity index (χ4v) is 3.08. The maximum atomic E-state index is 12.3. The monoisotopic (exact) mass is 344 g/mol. The normalized spacial score (nSPS) is 18.8. The van der Waals surface area contributed by atoms with Gasteiger partial charge in [0.2, 0.25) is 15.9 Å². The quantitative estimate of drug-likeness (QED) is 0.661. The van der Waals surface area contributed by atoms with Crippen LogP contribution in [0.4, 0.5) is 0 Å². The van der Waals surface area contributed by atoms with Gasteiger partial charge in [0, 0.05) is 31.8 Å². The molecule has 0 bridgehead atoms. The molecule has 2 heterocycles. The number of piperidine rings is 1. The summed E-state index contributed by atoms with van der Waals surface area (Å²) in [6, 6.07) is 2.22. The van der Waals surface area contributed by atoms with Gasteiger partial charge in [-0.15, -0.1) is 0 Å². The Morgan fingerprint density at radius 2 is 2.13 bits per heavy atom. The molecule has 2 N–H and O–H groups in total. The van der Waals surface area contributed by atoms with E-state index in [1.54, 1.807) is 4.90 Å². The van der Waals surface area contributed by atoms with E-state index in [4.69, 9.17) is 0 Å². The fourth-order valence-electron chi connectivity index (χ4n) is 2.54. The summed E-state index contributed by atoms with van der Waals surface area (Å²) in [5.74, 6) is -0.244. The Hall–Kier alpha value is -1.94. The molecular weight excluding hydrogens is 324 g/mol. The highest BCUT2D eigenvalue weighted by Gasteiger charge is 2.24. The van der Waals surface area contributed by atoms with Crippen LogP contribution in [0, 0.1) is 5.92 Å². The first-order valence-corrected chi connectivity index (χ1v) is 9.16. The molecule has 128 valence electrons. The summed E-state index contributed by atoms with van der Waals surface area (Å²) >= 11 is 0. The molecular formula is C13H20N4O5S. The first-order chi connectivity index (χ1) is 10.7. The summed E-state index contributed by atoms with van der Waals surface area (Å²) < 4.78 is 25.7. The van der Waals surface area contributed by atoms with Crippen LogP contribution in [-0.2, 0) is 21.4 Å². The van der Waals surface area contributed by atoms with Crippen LogP contribution < -0.4 is 15.8 Å². The van der Waals surface area contributed by atoms with E-state index in [0.29, 0.717) is 13.1 Å². The van der Waals surface area contributed by atoms with E-state index in [2.05, 4.69) is 9.82 Å². The largest absolute Gasteiger partial charge is 0.341 e. The van der Waals surface area contributed by atoms with Gasteiger partial charge in [-0.2, -0.15) is 0 Å². The SMILES string of the molecule is CS(=O)(=O)NCC1CCCN(C(=O)Cn2[nH]c(=O)ccc2=O)C1. The van der Waals surface area contributed by atoms with Crippen LogP contribution in [0.3, 0.4) is 0 Å². The average Bonchev–Trinajstić information content (AvgIpc) is 2.48. The number of H-pyrrole nitrogens is 1. The molecule has 1 saturated heterocycles. The molecule has 1 aromatic heterocycles. The van der Waals surface area contributed by atoms with Gasteiger partial charge >= 0.3 is 0 Å². The zero-order valence-electron chi connectivity index (χ0n) is 12.8. The van der Waals surface area contributed by atoms with Crippen molar-refractivity contribution < 1.29 is 13.2 Å². The van der Waals surface area contributed by atoms with Crippen molar-refractivity contribution in [3.8, 4) is 0 Å². The maximum Gasteiger partial charge on any atom is 0.265 e. The molecule has 0 spiro atoms. The van der Waals surface area contributed by atoms with Gasteiger partial charge in [0.25, 0.3) is 11.1 Å². The van der Waals surface area contributed by atoms with E-state index in [1.807, 2.05) is 0 Å². The van der Waals surface area contributed by atoms with E-state index in [9.17, 15) is 22.8 Å². The van der Waals surface area contributed by atoms with Gasteiger partial charge in [-0.25, -0.2) is 17.8 Å². The van der Waals surface area contributed by atoms with Crippen molar-refractivity contribution in [1.82, 2.24) is 19.4 Å². The zero-order valence-corrected chi connectivity index (χ0v) is 13.6. The molecule has 1 unspecified atom stereocenters. The third-order valence-corrected chi connectivity index (χ3v) is 4.38. The molecule has 0 aromatic carbocycles. The number of hydrogen-bond donors (Lipinski definition) is 2. The summed E-state index contributed by atoms with van der Waals surface area (Å²) in [6.07, 6.45) is 2.69. The molecule has 0 radical (unpaired) electrons. The Labute approximate surface area is 133 Å². The summed E-state index contributed by atoms with van der Waals surface area (Å²) in [5, 5.41) is 2.31. The molecule has 23 heavy (non-hydrogen) atoms. The van der Waals surface area contributed by atoms with Crippen molar-refractivity contribution >= 4 is 15.9 Å². The molecule has 9 nitrogen and oxygen atoms in total. The minimum atomic E-state index is -3.26. The molecule has 1 fully saturated rings. The van der Waals surface area contributed by atoms with Gasteiger partial charge < -0.3 is 4.90 Å². The molecule has 1 atom stereocenters. The van der Waals surface area contributed by atoms with E-state index in [0.717, 1.165) is 35.9 Å². The Morgan fingerprint density at radius 3 is 2.83 bits per heavy atom. The number of amides is 1. The number of carbonyl (C=O) groups is 1. The minimum absolute atomic E-state index is 0.0361. The Kier molecular flexibility index (Phi) is 5.37. The third-order valence-electron chi connectivity index (χ3n) is 3.69. The highest BCUT2D eigenvalue weighted by Crippen LogP contribution is 2.16. The predicted molar refractivity (Wildman–Crippen MR) is 83.5 cm³/mol. The summed E-state index contributed by atoms with van der Waals surface area (Å²) in [5.41, 5.74) is -0.906. The summed E-state index contributed by atoms with van der Waals surface area (Å²) in [7, 11) is -3.26. The number of nitrogens with zero attached hydrogens (tertiary/aromatic N) is 2. The van der Waals surface area contributed by atoms with Crippen LogP contribution in [0.25, 0.3) is 0 Å². The lowest BCUT2D eigenvalue weighted by atomic mass is 9.98. The number of rotatable bonds is 5. The lowest BCUT2D eigenvalue weighted by Crippen LogP contribution is -2.46. The second-order valence-corrected chi connectivity index (χ2v) is 7.54. The van der Waals surface area contributed by atoms with Crippen LogP contribution in [0.15, 0.2) is 21.7 Å². The lowest BCUT2D eigenvalue weighted by Gasteiger charge is -2.32. The second kappa shape index (κ2) is 7.09. The molecule has 1 aliphatic heterocycles. The van der Waals surface area contributed by atoms with Gasteiger partial charge in [0.15, 0.2) is 0 Å². The van der Waals surface area contributed by atoms with Crippen LogP contribution in [0.2, 0.25) is 0 Å². The van der Waals surface area contributed by atoms with E-state index in [-0.39, 0.29) is 24.9 Å². The minimum Gasteiger partial charge on any atom is -0.341 e. The first kappa shape index (κ1) is 17.4. The molecule has 0 aliphatic carbocycles. The van der Waals surface area contributed by atoms with Crippen molar-refractivity contribution in [3.63, 3.8) is 0 Å². The van der Waals surface area contributed by atoms with Crippen molar-refractivity contribution in [1.29, 1.82) is 0 Å². The zero-order chi connectivity index (χ0) is 17.0. The maximum absolute atomic E-state index is 12.3. The van der Waals surface area contributed by atoms with Crippen molar-refractivity contribution in [2.75, 3.05) is 25.9 Å². The number of likely N-dealkylation sites (tertiary alicyclic amines) is 1. The summed E-state index contributed by atoms with van der Waals surface area (Å²) in [6.45, 7) is 1.03. The van der Waals surface area contributed by atoms with Crippen LogP contribution in [0.1, 0.15) is 12.8 Å². The lowest BCUT2D eigenvalue weighted by molar-refractivity contribution is -0.133. The highest BCUT2D eigenvalue weighted by molar-refractivity contribution is 7.88. The fraction of sp³-hybridized carbons (Fsp3) is 0.615. The van der Waals surface area contributed by atoms with Gasteiger partial charge in [-0.3, -0.25) is 19.5 Å². The molecule has 2 rings (SSSR count). The van der Waals surface area contributed by atoms with Gasteiger partial charge in [-0.1, -0.05) is 0 Å². The van der Waals surface area contributed by atoms with Crippen LogP contribution in [-0.4, -0.2) is 54.9 Å². The van der Waals surface area contributed by atoms with E-state index >= 15 is 0 Å². The van der Waals surface area contributed by atoms with Crippen molar-refractivity contribution in [2.45, 2.75) is 19.4 Å².